The van der Waals surface area contributed by atoms with Crippen molar-refractivity contribution in [2.24, 2.45) is 0 Å². The Balaban J connectivity index is 1.78. The fourth-order valence-corrected chi connectivity index (χ4v) is 3.03. The molecular formula is C20H16N2O6S. The largest absolute Gasteiger partial charge is 0.488 e. The van der Waals surface area contributed by atoms with Crippen LogP contribution < -0.4 is 4.74 Å². The number of rotatable bonds is 8. The van der Waals surface area contributed by atoms with Crippen molar-refractivity contribution in [2.45, 2.75) is 18.8 Å². The van der Waals surface area contributed by atoms with Gasteiger partial charge in [0.2, 0.25) is 5.89 Å². The topological polar surface area (TPSA) is 123 Å². The minimum Gasteiger partial charge on any atom is -0.488 e. The number of benzene rings is 2. The molecule has 0 aliphatic rings. The van der Waals surface area contributed by atoms with Gasteiger partial charge in [0.25, 0.3) is 5.22 Å². The average Bonchev–Trinajstić information content (AvgIpc) is 3.11. The van der Waals surface area contributed by atoms with Gasteiger partial charge in [-0.2, -0.15) is 0 Å². The van der Waals surface area contributed by atoms with Crippen LogP contribution in [0.5, 0.6) is 5.75 Å². The maximum absolute atomic E-state index is 11.6. The maximum atomic E-state index is 11.6. The van der Waals surface area contributed by atoms with E-state index in [1.165, 1.54) is 18.2 Å². The molecule has 1 aromatic heterocycles. The van der Waals surface area contributed by atoms with Crippen molar-refractivity contribution in [3.8, 4) is 5.75 Å². The molecule has 0 unspecified atom stereocenters. The number of aryl methyl sites for hydroxylation is 1. The number of thioether (sulfide) groups is 1. The first-order chi connectivity index (χ1) is 13.9. The smallest absolute Gasteiger partial charge is 0.342 e. The number of carboxylic acids is 2. The SMILES string of the molecule is Cc1nnc(S/C(=C\c2ccccc2OCc2ccc(C(=O)O)cc2)C(=O)O)o1. The van der Waals surface area contributed by atoms with Gasteiger partial charge in [-0.1, -0.05) is 30.3 Å². The van der Waals surface area contributed by atoms with E-state index in [9.17, 15) is 14.7 Å². The molecular weight excluding hydrogens is 396 g/mol. The van der Waals surface area contributed by atoms with Gasteiger partial charge >= 0.3 is 11.9 Å². The highest BCUT2D eigenvalue weighted by Gasteiger charge is 2.15. The summed E-state index contributed by atoms with van der Waals surface area (Å²) < 4.78 is 11.0. The molecule has 0 radical (unpaired) electrons. The van der Waals surface area contributed by atoms with Crippen LogP contribution >= 0.6 is 11.8 Å². The summed E-state index contributed by atoms with van der Waals surface area (Å²) in [6, 6.07) is 13.3. The van der Waals surface area contributed by atoms with Crippen LogP contribution in [-0.2, 0) is 11.4 Å². The van der Waals surface area contributed by atoms with E-state index in [-0.39, 0.29) is 22.3 Å². The number of nitrogens with zero attached hydrogens (tertiary/aromatic N) is 2. The molecule has 0 saturated heterocycles. The van der Waals surface area contributed by atoms with E-state index in [1.807, 2.05) is 0 Å². The van der Waals surface area contributed by atoms with Crippen LogP contribution in [0.15, 0.2) is 63.1 Å². The first-order valence-electron chi connectivity index (χ1n) is 8.39. The Morgan fingerprint density at radius 3 is 2.45 bits per heavy atom. The summed E-state index contributed by atoms with van der Waals surface area (Å²) in [6.07, 6.45) is 1.47. The monoisotopic (exact) mass is 412 g/mol. The fourth-order valence-electron chi connectivity index (χ4n) is 2.33. The van der Waals surface area contributed by atoms with Gasteiger partial charge in [-0.15, -0.1) is 10.2 Å². The van der Waals surface area contributed by atoms with Crippen molar-refractivity contribution in [2.75, 3.05) is 0 Å². The molecule has 0 aliphatic heterocycles. The minimum absolute atomic E-state index is 0.00416. The second kappa shape index (κ2) is 9.07. The highest BCUT2D eigenvalue weighted by Crippen LogP contribution is 2.30. The Hall–Kier alpha value is -3.59. The zero-order chi connectivity index (χ0) is 20.8. The van der Waals surface area contributed by atoms with E-state index >= 15 is 0 Å². The van der Waals surface area contributed by atoms with Crippen LogP contribution in [0.25, 0.3) is 6.08 Å². The lowest BCUT2D eigenvalue weighted by atomic mass is 10.1. The maximum Gasteiger partial charge on any atom is 0.342 e. The van der Waals surface area contributed by atoms with Crippen LogP contribution in [0.1, 0.15) is 27.4 Å². The molecule has 0 atom stereocenters. The Bertz CT molecular complexity index is 1060. The Labute approximate surface area is 169 Å². The highest BCUT2D eigenvalue weighted by atomic mass is 32.2. The lowest BCUT2D eigenvalue weighted by Crippen LogP contribution is -2.00. The number of aromatic nitrogens is 2. The van der Waals surface area contributed by atoms with Gasteiger partial charge in [-0.3, -0.25) is 0 Å². The summed E-state index contributed by atoms with van der Waals surface area (Å²) in [5, 5.41) is 26.1. The fraction of sp³-hybridized carbons (Fsp3) is 0.100. The van der Waals surface area contributed by atoms with Gasteiger partial charge in [0.15, 0.2) is 0 Å². The molecule has 0 spiro atoms. The first-order valence-corrected chi connectivity index (χ1v) is 9.21. The van der Waals surface area contributed by atoms with Crippen molar-refractivity contribution < 1.29 is 29.0 Å². The van der Waals surface area contributed by atoms with Crippen molar-refractivity contribution >= 4 is 29.8 Å². The Morgan fingerprint density at radius 1 is 1.10 bits per heavy atom. The number of hydrogen-bond donors (Lipinski definition) is 2. The molecule has 8 nitrogen and oxygen atoms in total. The predicted molar refractivity (Wildman–Crippen MR) is 105 cm³/mol. The zero-order valence-electron chi connectivity index (χ0n) is 15.2. The lowest BCUT2D eigenvalue weighted by molar-refractivity contribution is -0.131. The van der Waals surface area contributed by atoms with Crippen LogP contribution in [0.4, 0.5) is 0 Å². The van der Waals surface area contributed by atoms with Crippen molar-refractivity contribution in [1.82, 2.24) is 10.2 Å². The van der Waals surface area contributed by atoms with E-state index in [2.05, 4.69) is 10.2 Å². The van der Waals surface area contributed by atoms with Crippen molar-refractivity contribution in [1.29, 1.82) is 0 Å². The molecule has 0 fully saturated rings. The highest BCUT2D eigenvalue weighted by molar-refractivity contribution is 8.03. The quantitative estimate of drug-likeness (QED) is 0.419. The van der Waals surface area contributed by atoms with E-state index < -0.39 is 11.9 Å². The molecule has 2 aromatic carbocycles. The molecule has 0 aliphatic carbocycles. The van der Waals surface area contributed by atoms with Gasteiger partial charge in [-0.05, 0) is 41.6 Å². The van der Waals surface area contributed by atoms with E-state index in [4.69, 9.17) is 14.3 Å². The number of hydrogen-bond acceptors (Lipinski definition) is 7. The summed E-state index contributed by atoms with van der Waals surface area (Å²) in [5.41, 5.74) is 1.54. The minimum atomic E-state index is -1.13. The van der Waals surface area contributed by atoms with Gasteiger partial charge in [0.05, 0.1) is 5.56 Å². The summed E-state index contributed by atoms with van der Waals surface area (Å²) in [5.74, 6) is -1.31. The lowest BCUT2D eigenvalue weighted by Gasteiger charge is -2.10. The molecule has 0 saturated carbocycles. The summed E-state index contributed by atoms with van der Waals surface area (Å²) in [4.78, 5) is 22.5. The third-order valence-corrected chi connectivity index (χ3v) is 4.57. The molecule has 2 N–H and O–H groups in total. The molecule has 0 bridgehead atoms. The third-order valence-electron chi connectivity index (χ3n) is 3.72. The molecule has 0 amide bonds. The Kier molecular flexibility index (Phi) is 6.30. The number of aromatic carboxylic acids is 1. The van der Waals surface area contributed by atoms with Crippen molar-refractivity contribution in [3.63, 3.8) is 0 Å². The zero-order valence-corrected chi connectivity index (χ0v) is 16.0. The number of aliphatic carboxylic acids is 1. The summed E-state index contributed by atoms with van der Waals surface area (Å²) >= 11 is 0.850. The average molecular weight is 412 g/mol. The molecule has 3 aromatic rings. The Morgan fingerprint density at radius 2 is 1.83 bits per heavy atom. The summed E-state index contributed by atoms with van der Waals surface area (Å²) in [6.45, 7) is 1.82. The summed E-state index contributed by atoms with van der Waals surface area (Å²) in [7, 11) is 0. The third kappa shape index (κ3) is 5.45. The first kappa shape index (κ1) is 20.2. The van der Waals surface area contributed by atoms with Crippen LogP contribution in [0.3, 0.4) is 0 Å². The molecule has 148 valence electrons. The number of carboxylic acid groups (broad SMARTS) is 2. The molecule has 1 heterocycles. The van der Waals surface area contributed by atoms with Crippen molar-refractivity contribution in [3.05, 3.63) is 76.0 Å². The van der Waals surface area contributed by atoms with Gasteiger partial charge in [0, 0.05) is 12.5 Å². The number of ether oxygens (including phenoxy) is 1. The van der Waals surface area contributed by atoms with Gasteiger partial charge in [0.1, 0.15) is 17.3 Å². The second-order valence-corrected chi connectivity index (χ2v) is 6.82. The number of para-hydroxylation sites is 1. The normalized spacial score (nSPS) is 11.3. The van der Waals surface area contributed by atoms with Gasteiger partial charge < -0.3 is 19.4 Å². The van der Waals surface area contributed by atoms with Crippen LogP contribution in [-0.4, -0.2) is 32.3 Å². The van der Waals surface area contributed by atoms with E-state index in [0.29, 0.717) is 17.2 Å². The predicted octanol–water partition coefficient (Wildman–Crippen LogP) is 3.87. The molecule has 29 heavy (non-hydrogen) atoms. The molecule has 9 heteroatoms. The number of carbonyl (C=O) groups is 2. The van der Waals surface area contributed by atoms with E-state index in [1.54, 1.807) is 43.3 Å². The van der Waals surface area contributed by atoms with Crippen LogP contribution in [0, 0.1) is 6.92 Å². The second-order valence-electron chi connectivity index (χ2n) is 5.83. The van der Waals surface area contributed by atoms with Crippen LogP contribution in [0.2, 0.25) is 0 Å². The standard InChI is InChI=1S/C20H16N2O6S/c1-12-21-22-20(28-12)29-17(19(25)26)10-15-4-2-3-5-16(15)27-11-13-6-8-14(9-7-13)18(23)24/h2-10H,11H2,1H3,(H,23,24)(H,25,26)/b17-10-. The van der Waals surface area contributed by atoms with E-state index in [0.717, 1.165) is 17.3 Å². The van der Waals surface area contributed by atoms with Gasteiger partial charge in [-0.25, -0.2) is 9.59 Å². The molecule has 3 rings (SSSR count).